The number of halogens is 3. The highest BCUT2D eigenvalue weighted by Crippen LogP contribution is 2.39. The first-order valence-electron chi connectivity index (χ1n) is 8.28. The standard InChI is InChI=1S/C18H25F3N2O2/c1-17(2,25)12-22(3)16(24)14-10-23(11-15(14)18(19,20)21)9-13-7-5-4-6-8-13/h4-8,14-15,25H,9-12H2,1-3H3/t14-,15-/m1/s1. The summed E-state index contributed by atoms with van der Waals surface area (Å²) in [4.78, 5) is 15.4. The van der Waals surface area contributed by atoms with Crippen LogP contribution >= 0.6 is 0 Å². The van der Waals surface area contributed by atoms with Gasteiger partial charge in [-0.25, -0.2) is 0 Å². The Balaban J connectivity index is 2.12. The summed E-state index contributed by atoms with van der Waals surface area (Å²) in [5.41, 5.74) is -0.234. The van der Waals surface area contributed by atoms with Crippen molar-refractivity contribution >= 4 is 5.91 Å². The molecule has 0 radical (unpaired) electrons. The van der Waals surface area contributed by atoms with Gasteiger partial charge in [-0.3, -0.25) is 9.69 Å². The van der Waals surface area contributed by atoms with Gasteiger partial charge in [0.1, 0.15) is 0 Å². The van der Waals surface area contributed by atoms with Crippen LogP contribution in [-0.2, 0) is 11.3 Å². The molecule has 1 aliphatic heterocycles. The maximum Gasteiger partial charge on any atom is 0.393 e. The van der Waals surface area contributed by atoms with E-state index in [-0.39, 0.29) is 19.6 Å². The molecule has 1 saturated heterocycles. The van der Waals surface area contributed by atoms with E-state index >= 15 is 0 Å². The number of amides is 1. The summed E-state index contributed by atoms with van der Waals surface area (Å²) in [6.07, 6.45) is -4.43. The van der Waals surface area contributed by atoms with E-state index in [0.717, 1.165) is 5.56 Å². The molecule has 0 saturated carbocycles. The van der Waals surface area contributed by atoms with Gasteiger partial charge in [-0.2, -0.15) is 13.2 Å². The Kier molecular flexibility index (Phi) is 5.79. The lowest BCUT2D eigenvalue weighted by molar-refractivity contribution is -0.186. The van der Waals surface area contributed by atoms with Crippen LogP contribution in [0.3, 0.4) is 0 Å². The molecule has 0 spiro atoms. The minimum Gasteiger partial charge on any atom is -0.389 e. The summed E-state index contributed by atoms with van der Waals surface area (Å²) in [6.45, 7) is 3.29. The summed E-state index contributed by atoms with van der Waals surface area (Å²) in [5, 5.41) is 9.83. The van der Waals surface area contributed by atoms with Gasteiger partial charge in [-0.1, -0.05) is 30.3 Å². The second-order valence-electron chi connectivity index (χ2n) is 7.44. The van der Waals surface area contributed by atoms with Crippen molar-refractivity contribution in [1.29, 1.82) is 0 Å². The van der Waals surface area contributed by atoms with Crippen molar-refractivity contribution in [2.24, 2.45) is 11.8 Å². The molecular formula is C18H25F3N2O2. The van der Waals surface area contributed by atoms with E-state index in [2.05, 4.69) is 0 Å². The molecule has 1 fully saturated rings. The fourth-order valence-corrected chi connectivity index (χ4v) is 3.38. The Bertz CT molecular complexity index is 584. The van der Waals surface area contributed by atoms with Gasteiger partial charge in [0, 0.05) is 33.2 Å². The summed E-state index contributed by atoms with van der Waals surface area (Å²) in [5.74, 6) is -3.40. The average Bonchev–Trinajstić information content (AvgIpc) is 2.89. The molecular weight excluding hydrogens is 333 g/mol. The molecule has 1 aromatic carbocycles. The van der Waals surface area contributed by atoms with Crippen molar-refractivity contribution in [2.45, 2.75) is 32.2 Å². The van der Waals surface area contributed by atoms with Crippen molar-refractivity contribution < 1.29 is 23.1 Å². The van der Waals surface area contributed by atoms with Crippen LogP contribution in [0.5, 0.6) is 0 Å². The van der Waals surface area contributed by atoms with Crippen LogP contribution in [-0.4, -0.2) is 59.3 Å². The molecule has 1 amide bonds. The molecule has 0 aliphatic carbocycles. The number of hydrogen-bond donors (Lipinski definition) is 1. The van der Waals surface area contributed by atoms with Crippen LogP contribution in [0.1, 0.15) is 19.4 Å². The van der Waals surface area contributed by atoms with Crippen LogP contribution in [0.15, 0.2) is 30.3 Å². The van der Waals surface area contributed by atoms with E-state index in [1.807, 2.05) is 30.3 Å². The maximum absolute atomic E-state index is 13.4. The number of benzene rings is 1. The Morgan fingerprint density at radius 2 is 1.84 bits per heavy atom. The molecule has 2 atom stereocenters. The SMILES string of the molecule is CN(CC(C)(C)O)C(=O)[C@@H]1CN(Cc2ccccc2)C[C@H]1C(F)(F)F. The summed E-state index contributed by atoms with van der Waals surface area (Å²) in [6, 6.07) is 9.25. The van der Waals surface area contributed by atoms with Crippen LogP contribution in [0.4, 0.5) is 13.2 Å². The predicted molar refractivity (Wildman–Crippen MR) is 88.7 cm³/mol. The number of rotatable bonds is 5. The van der Waals surface area contributed by atoms with Gasteiger partial charge >= 0.3 is 6.18 Å². The summed E-state index contributed by atoms with van der Waals surface area (Å²) >= 11 is 0. The fourth-order valence-electron chi connectivity index (χ4n) is 3.38. The molecule has 7 heteroatoms. The van der Waals surface area contributed by atoms with Crippen LogP contribution in [0.25, 0.3) is 0 Å². The summed E-state index contributed by atoms with van der Waals surface area (Å²) < 4.78 is 40.3. The number of nitrogens with zero attached hydrogens (tertiary/aromatic N) is 2. The number of aliphatic hydroxyl groups is 1. The Hall–Kier alpha value is -1.60. The number of alkyl halides is 3. The zero-order chi connectivity index (χ0) is 18.8. The zero-order valence-electron chi connectivity index (χ0n) is 14.8. The number of hydrogen-bond acceptors (Lipinski definition) is 3. The van der Waals surface area contributed by atoms with E-state index in [1.54, 1.807) is 4.90 Å². The van der Waals surface area contributed by atoms with Crippen molar-refractivity contribution in [1.82, 2.24) is 9.80 Å². The first kappa shape index (κ1) is 19.7. The van der Waals surface area contributed by atoms with Gasteiger partial charge < -0.3 is 10.0 Å². The second kappa shape index (κ2) is 7.33. The highest BCUT2D eigenvalue weighted by Gasteiger charge is 2.52. The Labute approximate surface area is 146 Å². The molecule has 140 valence electrons. The van der Waals surface area contributed by atoms with E-state index in [9.17, 15) is 23.1 Å². The Morgan fingerprint density at radius 1 is 1.24 bits per heavy atom. The predicted octanol–water partition coefficient (Wildman–Crippen LogP) is 2.53. The van der Waals surface area contributed by atoms with Crippen molar-refractivity contribution in [3.8, 4) is 0 Å². The number of likely N-dealkylation sites (N-methyl/N-ethyl adjacent to an activating group) is 1. The molecule has 4 nitrogen and oxygen atoms in total. The first-order chi connectivity index (χ1) is 11.5. The molecule has 0 aromatic heterocycles. The largest absolute Gasteiger partial charge is 0.393 e. The average molecular weight is 358 g/mol. The van der Waals surface area contributed by atoms with Crippen molar-refractivity contribution in [3.05, 3.63) is 35.9 Å². The lowest BCUT2D eigenvalue weighted by Crippen LogP contribution is -2.46. The smallest absolute Gasteiger partial charge is 0.389 e. The molecule has 1 aromatic rings. The van der Waals surface area contributed by atoms with Gasteiger partial charge in [-0.05, 0) is 19.4 Å². The third-order valence-electron chi connectivity index (χ3n) is 4.38. The molecule has 0 unspecified atom stereocenters. The van der Waals surface area contributed by atoms with Gasteiger partial charge in [0.15, 0.2) is 0 Å². The van der Waals surface area contributed by atoms with Gasteiger partial charge in [0.05, 0.1) is 17.4 Å². The van der Waals surface area contributed by atoms with Gasteiger partial charge in [0.25, 0.3) is 0 Å². The highest BCUT2D eigenvalue weighted by molar-refractivity contribution is 5.79. The number of carbonyl (C=O) groups excluding carboxylic acids is 1. The monoisotopic (exact) mass is 358 g/mol. The third kappa shape index (κ3) is 5.44. The number of likely N-dealkylation sites (tertiary alicyclic amines) is 1. The minimum atomic E-state index is -4.43. The number of carbonyl (C=O) groups is 1. The lowest BCUT2D eigenvalue weighted by Gasteiger charge is -2.29. The quantitative estimate of drug-likeness (QED) is 0.880. The first-order valence-corrected chi connectivity index (χ1v) is 8.28. The van der Waals surface area contributed by atoms with E-state index in [1.165, 1.54) is 25.8 Å². The van der Waals surface area contributed by atoms with Crippen molar-refractivity contribution in [3.63, 3.8) is 0 Å². The molecule has 1 aliphatic rings. The molecule has 1 heterocycles. The van der Waals surface area contributed by atoms with Crippen LogP contribution in [0, 0.1) is 11.8 Å². The van der Waals surface area contributed by atoms with Gasteiger partial charge in [0.2, 0.25) is 5.91 Å². The maximum atomic E-state index is 13.4. The van der Waals surface area contributed by atoms with Crippen LogP contribution < -0.4 is 0 Å². The fraction of sp³-hybridized carbons (Fsp3) is 0.611. The zero-order valence-corrected chi connectivity index (χ0v) is 14.8. The second-order valence-corrected chi connectivity index (χ2v) is 7.44. The molecule has 2 rings (SSSR count). The normalized spacial score (nSPS) is 22.2. The Morgan fingerprint density at radius 3 is 2.36 bits per heavy atom. The minimum absolute atomic E-state index is 0.00834. The van der Waals surface area contributed by atoms with E-state index in [0.29, 0.717) is 6.54 Å². The van der Waals surface area contributed by atoms with E-state index in [4.69, 9.17) is 0 Å². The molecule has 1 N–H and O–H groups in total. The third-order valence-corrected chi connectivity index (χ3v) is 4.38. The lowest BCUT2D eigenvalue weighted by atomic mass is 9.93. The molecule has 25 heavy (non-hydrogen) atoms. The summed E-state index contributed by atoms with van der Waals surface area (Å²) in [7, 11) is 1.44. The topological polar surface area (TPSA) is 43.8 Å². The van der Waals surface area contributed by atoms with Gasteiger partial charge in [-0.15, -0.1) is 0 Å². The van der Waals surface area contributed by atoms with Crippen molar-refractivity contribution in [2.75, 3.05) is 26.7 Å². The highest BCUT2D eigenvalue weighted by atomic mass is 19.4. The van der Waals surface area contributed by atoms with E-state index < -0.39 is 29.5 Å². The molecule has 0 bridgehead atoms. The van der Waals surface area contributed by atoms with Crippen LogP contribution in [0.2, 0.25) is 0 Å².